The molecule has 1 aromatic carbocycles. The van der Waals surface area contributed by atoms with E-state index >= 15 is 0 Å². The van der Waals surface area contributed by atoms with Crippen LogP contribution in [0.4, 0.5) is 10.8 Å². The SMILES string of the molecule is Cc1ccc(Nc2nc(Cl)c(/C=N/NC(=O)c3cc(C)oc3C)s2)cc1. The van der Waals surface area contributed by atoms with Crippen molar-refractivity contribution in [1.29, 1.82) is 0 Å². The van der Waals surface area contributed by atoms with Crippen LogP contribution < -0.4 is 10.7 Å². The van der Waals surface area contributed by atoms with Crippen LogP contribution in [0.3, 0.4) is 0 Å². The number of rotatable bonds is 5. The number of hydrazone groups is 1. The highest BCUT2D eigenvalue weighted by Crippen LogP contribution is 2.28. The molecule has 1 amide bonds. The fourth-order valence-electron chi connectivity index (χ4n) is 2.27. The molecule has 0 atom stereocenters. The van der Waals surface area contributed by atoms with Crippen molar-refractivity contribution >= 4 is 45.9 Å². The Morgan fingerprint density at radius 2 is 2.00 bits per heavy atom. The van der Waals surface area contributed by atoms with Gasteiger partial charge >= 0.3 is 0 Å². The standard InChI is InChI=1S/C18H17ClN4O2S/c1-10-4-6-13(7-5-10)21-18-22-16(19)15(26-18)9-20-23-17(24)14-8-11(2)25-12(14)3/h4-9H,1-3H3,(H,21,22)(H,23,24)/b20-9+. The molecule has 0 bridgehead atoms. The quantitative estimate of drug-likeness (QED) is 0.485. The van der Waals surface area contributed by atoms with Gasteiger partial charge in [-0.05, 0) is 39.0 Å². The number of aryl methyl sites for hydroxylation is 3. The topological polar surface area (TPSA) is 79.5 Å². The average molecular weight is 389 g/mol. The van der Waals surface area contributed by atoms with Crippen LogP contribution in [0.15, 0.2) is 39.9 Å². The normalized spacial score (nSPS) is 11.1. The molecule has 0 fully saturated rings. The van der Waals surface area contributed by atoms with E-state index in [0.29, 0.717) is 32.2 Å². The summed E-state index contributed by atoms with van der Waals surface area (Å²) in [6.07, 6.45) is 1.47. The van der Waals surface area contributed by atoms with Crippen molar-refractivity contribution in [3.8, 4) is 0 Å². The largest absolute Gasteiger partial charge is 0.466 e. The Kier molecular flexibility index (Phi) is 5.39. The summed E-state index contributed by atoms with van der Waals surface area (Å²) in [6, 6.07) is 9.62. The van der Waals surface area contributed by atoms with Gasteiger partial charge in [0.2, 0.25) is 0 Å². The van der Waals surface area contributed by atoms with E-state index in [0.717, 1.165) is 5.69 Å². The zero-order chi connectivity index (χ0) is 18.7. The van der Waals surface area contributed by atoms with E-state index in [2.05, 4.69) is 20.8 Å². The molecule has 0 unspecified atom stereocenters. The maximum absolute atomic E-state index is 12.1. The van der Waals surface area contributed by atoms with Crippen molar-refractivity contribution in [2.24, 2.45) is 5.10 Å². The molecule has 0 saturated heterocycles. The maximum Gasteiger partial charge on any atom is 0.274 e. The van der Waals surface area contributed by atoms with Gasteiger partial charge < -0.3 is 9.73 Å². The molecular formula is C18H17ClN4O2S. The maximum atomic E-state index is 12.1. The number of carbonyl (C=O) groups excluding carboxylic acids is 1. The number of nitrogens with one attached hydrogen (secondary N) is 2. The third-order valence-electron chi connectivity index (χ3n) is 3.55. The van der Waals surface area contributed by atoms with Crippen molar-refractivity contribution < 1.29 is 9.21 Å². The number of halogens is 1. The van der Waals surface area contributed by atoms with Crippen molar-refractivity contribution in [3.63, 3.8) is 0 Å². The van der Waals surface area contributed by atoms with Crippen LogP contribution in [-0.4, -0.2) is 17.1 Å². The zero-order valence-corrected chi connectivity index (χ0v) is 16.0. The Hall–Kier alpha value is -2.64. The van der Waals surface area contributed by atoms with Crippen LogP contribution in [0.1, 0.15) is 32.3 Å². The smallest absolute Gasteiger partial charge is 0.274 e. The van der Waals surface area contributed by atoms with Gasteiger partial charge in [0, 0.05) is 5.69 Å². The summed E-state index contributed by atoms with van der Waals surface area (Å²) in [7, 11) is 0. The number of hydrogen-bond donors (Lipinski definition) is 2. The number of aromatic nitrogens is 1. The predicted molar refractivity (Wildman–Crippen MR) is 105 cm³/mol. The first-order valence-electron chi connectivity index (χ1n) is 7.83. The average Bonchev–Trinajstić information content (AvgIpc) is 3.11. The van der Waals surface area contributed by atoms with Gasteiger partial charge in [-0.2, -0.15) is 5.10 Å². The zero-order valence-electron chi connectivity index (χ0n) is 14.5. The Bertz CT molecular complexity index is 960. The molecule has 2 heterocycles. The third kappa shape index (κ3) is 4.30. The summed E-state index contributed by atoms with van der Waals surface area (Å²) in [5, 5.41) is 8.11. The van der Waals surface area contributed by atoms with Gasteiger partial charge in [0.25, 0.3) is 5.91 Å². The van der Waals surface area contributed by atoms with Crippen LogP contribution in [0, 0.1) is 20.8 Å². The number of furan rings is 1. The highest BCUT2D eigenvalue weighted by Gasteiger charge is 2.13. The highest BCUT2D eigenvalue weighted by molar-refractivity contribution is 7.17. The van der Waals surface area contributed by atoms with Gasteiger partial charge in [0.05, 0.1) is 16.7 Å². The van der Waals surface area contributed by atoms with E-state index in [4.69, 9.17) is 16.0 Å². The minimum Gasteiger partial charge on any atom is -0.466 e. The molecule has 3 aromatic rings. The van der Waals surface area contributed by atoms with E-state index in [1.165, 1.54) is 23.1 Å². The first-order valence-corrected chi connectivity index (χ1v) is 9.02. The lowest BCUT2D eigenvalue weighted by atomic mass is 10.2. The number of hydrogen-bond acceptors (Lipinski definition) is 6. The van der Waals surface area contributed by atoms with Crippen molar-refractivity contribution in [2.75, 3.05) is 5.32 Å². The monoisotopic (exact) mass is 388 g/mol. The lowest BCUT2D eigenvalue weighted by Gasteiger charge is -2.01. The second-order valence-corrected chi connectivity index (χ2v) is 7.08. The molecule has 0 spiro atoms. The minimum atomic E-state index is -0.339. The predicted octanol–water partition coefficient (Wildman–Crippen LogP) is 4.82. The molecule has 3 rings (SSSR count). The van der Waals surface area contributed by atoms with Gasteiger partial charge in [0.1, 0.15) is 11.5 Å². The number of benzene rings is 1. The summed E-state index contributed by atoms with van der Waals surface area (Å²) in [4.78, 5) is 17.0. The summed E-state index contributed by atoms with van der Waals surface area (Å²) in [6.45, 7) is 5.54. The number of thiazole rings is 1. The lowest BCUT2D eigenvalue weighted by molar-refractivity contribution is 0.0953. The Balaban J connectivity index is 1.65. The second-order valence-electron chi connectivity index (χ2n) is 5.69. The summed E-state index contributed by atoms with van der Waals surface area (Å²) in [5.74, 6) is 0.888. The minimum absolute atomic E-state index is 0.318. The summed E-state index contributed by atoms with van der Waals surface area (Å²) >= 11 is 7.48. The molecule has 26 heavy (non-hydrogen) atoms. The third-order valence-corrected chi connectivity index (χ3v) is 4.85. The molecule has 0 aliphatic rings. The Morgan fingerprint density at radius 3 is 2.65 bits per heavy atom. The van der Waals surface area contributed by atoms with Crippen molar-refractivity contribution in [3.05, 3.63) is 63.0 Å². The van der Waals surface area contributed by atoms with E-state index in [1.54, 1.807) is 19.9 Å². The van der Waals surface area contributed by atoms with Crippen molar-refractivity contribution in [1.82, 2.24) is 10.4 Å². The van der Waals surface area contributed by atoms with Crippen LogP contribution in [0.2, 0.25) is 5.15 Å². The number of amides is 1. The van der Waals surface area contributed by atoms with Crippen LogP contribution in [0.5, 0.6) is 0 Å². The molecule has 0 aliphatic heterocycles. The van der Waals surface area contributed by atoms with Crippen LogP contribution >= 0.6 is 22.9 Å². The highest BCUT2D eigenvalue weighted by atomic mass is 35.5. The molecular weight excluding hydrogens is 372 g/mol. The number of anilines is 2. The van der Waals surface area contributed by atoms with E-state index in [9.17, 15) is 4.79 Å². The Labute approximate surface area is 159 Å². The fraction of sp³-hybridized carbons (Fsp3) is 0.167. The molecule has 2 N–H and O–H groups in total. The van der Waals surface area contributed by atoms with E-state index < -0.39 is 0 Å². The number of nitrogens with zero attached hydrogens (tertiary/aromatic N) is 2. The number of carbonyl (C=O) groups is 1. The second kappa shape index (κ2) is 7.72. The molecule has 8 heteroatoms. The Morgan fingerprint density at radius 1 is 1.27 bits per heavy atom. The van der Waals surface area contributed by atoms with Gasteiger partial charge in [-0.1, -0.05) is 40.6 Å². The lowest BCUT2D eigenvalue weighted by Crippen LogP contribution is -2.17. The molecule has 0 saturated carbocycles. The molecule has 0 radical (unpaired) electrons. The summed E-state index contributed by atoms with van der Waals surface area (Å²) in [5.41, 5.74) is 5.02. The summed E-state index contributed by atoms with van der Waals surface area (Å²) < 4.78 is 5.34. The van der Waals surface area contributed by atoms with Gasteiger partial charge in [0.15, 0.2) is 10.3 Å². The van der Waals surface area contributed by atoms with Gasteiger partial charge in [-0.25, -0.2) is 10.4 Å². The van der Waals surface area contributed by atoms with Gasteiger partial charge in [-0.3, -0.25) is 4.79 Å². The van der Waals surface area contributed by atoms with E-state index in [1.807, 2.05) is 31.2 Å². The fourth-order valence-corrected chi connectivity index (χ4v) is 3.32. The van der Waals surface area contributed by atoms with Crippen LogP contribution in [-0.2, 0) is 0 Å². The van der Waals surface area contributed by atoms with E-state index in [-0.39, 0.29) is 5.91 Å². The molecule has 134 valence electrons. The first kappa shape index (κ1) is 18.2. The van der Waals surface area contributed by atoms with Crippen LogP contribution in [0.25, 0.3) is 0 Å². The van der Waals surface area contributed by atoms with Crippen molar-refractivity contribution in [2.45, 2.75) is 20.8 Å². The molecule has 0 aliphatic carbocycles. The first-order chi connectivity index (χ1) is 12.4. The van der Waals surface area contributed by atoms with Gasteiger partial charge in [-0.15, -0.1) is 0 Å². The molecule has 2 aromatic heterocycles. The molecule has 6 nitrogen and oxygen atoms in total.